The maximum Gasteiger partial charge on any atom is 0.313 e. The van der Waals surface area contributed by atoms with Crippen LogP contribution in [-0.2, 0) is 22.0 Å². The quantitative estimate of drug-likeness (QED) is 0.903. The van der Waals surface area contributed by atoms with E-state index >= 15 is 0 Å². The Kier molecular flexibility index (Phi) is 5.03. The van der Waals surface area contributed by atoms with E-state index < -0.39 is 11.4 Å². The lowest BCUT2D eigenvalue weighted by Gasteiger charge is -2.39. The molecule has 1 atom stereocenters. The number of piperidine rings is 1. The molecule has 1 aromatic rings. The van der Waals surface area contributed by atoms with E-state index in [9.17, 15) is 14.7 Å². The smallest absolute Gasteiger partial charge is 0.313 e. The van der Waals surface area contributed by atoms with Gasteiger partial charge >= 0.3 is 5.97 Å². The highest BCUT2D eigenvalue weighted by Gasteiger charge is 2.44. The highest BCUT2D eigenvalue weighted by molar-refractivity contribution is 5.93. The van der Waals surface area contributed by atoms with E-state index in [1.165, 1.54) is 7.11 Å². The Hall–Kier alpha value is -1.89. The van der Waals surface area contributed by atoms with Crippen LogP contribution >= 0.6 is 0 Å². The van der Waals surface area contributed by atoms with E-state index in [0.717, 1.165) is 5.69 Å². The molecule has 1 aliphatic rings. The highest BCUT2D eigenvalue weighted by atomic mass is 16.5. The van der Waals surface area contributed by atoms with Gasteiger partial charge in [0, 0.05) is 32.7 Å². The minimum atomic E-state index is -1.03. The molecule has 1 fully saturated rings. The first-order chi connectivity index (χ1) is 11.1. The van der Waals surface area contributed by atoms with E-state index in [2.05, 4.69) is 5.10 Å². The summed E-state index contributed by atoms with van der Waals surface area (Å²) in [7, 11) is 3.23. The molecule has 134 valence electrons. The van der Waals surface area contributed by atoms with Gasteiger partial charge in [0.25, 0.3) is 5.91 Å². The molecule has 1 aromatic heterocycles. The minimum absolute atomic E-state index is 0.102. The summed E-state index contributed by atoms with van der Waals surface area (Å²) < 4.78 is 6.70. The fourth-order valence-electron chi connectivity index (χ4n) is 3.13. The normalized spacial score (nSPS) is 21.8. The molecule has 7 heteroatoms. The Balaban J connectivity index is 2.27. The molecule has 2 heterocycles. The van der Waals surface area contributed by atoms with Crippen LogP contribution in [0.5, 0.6) is 0 Å². The van der Waals surface area contributed by atoms with E-state index in [0.29, 0.717) is 25.1 Å². The molecule has 1 saturated heterocycles. The molecule has 0 radical (unpaired) electrons. The Morgan fingerprint density at radius 2 is 2.08 bits per heavy atom. The number of amides is 1. The van der Waals surface area contributed by atoms with Gasteiger partial charge in [0.2, 0.25) is 0 Å². The van der Waals surface area contributed by atoms with Crippen LogP contribution in [0.1, 0.15) is 49.8 Å². The Morgan fingerprint density at radius 3 is 2.58 bits per heavy atom. The van der Waals surface area contributed by atoms with Crippen molar-refractivity contribution < 1.29 is 19.4 Å². The average Bonchev–Trinajstić information content (AvgIpc) is 2.89. The number of aryl methyl sites for hydroxylation is 1. The van der Waals surface area contributed by atoms with Crippen molar-refractivity contribution in [2.75, 3.05) is 26.8 Å². The number of carbonyl (C=O) groups excluding carboxylic acids is 1. The number of methoxy groups -OCH3 is 1. The molecule has 1 amide bonds. The molecule has 0 aromatic carbocycles. The van der Waals surface area contributed by atoms with Crippen LogP contribution in [-0.4, -0.2) is 58.5 Å². The van der Waals surface area contributed by atoms with Gasteiger partial charge < -0.3 is 14.7 Å². The summed E-state index contributed by atoms with van der Waals surface area (Å²) in [6, 6.07) is 1.80. The number of carbonyl (C=O) groups is 2. The van der Waals surface area contributed by atoms with Crippen LogP contribution in [0.3, 0.4) is 0 Å². The van der Waals surface area contributed by atoms with Gasteiger partial charge in [-0.2, -0.15) is 5.10 Å². The van der Waals surface area contributed by atoms with Crippen molar-refractivity contribution in [2.45, 2.75) is 39.0 Å². The highest BCUT2D eigenvalue weighted by Crippen LogP contribution is 2.32. The van der Waals surface area contributed by atoms with Gasteiger partial charge in [-0.25, -0.2) is 0 Å². The van der Waals surface area contributed by atoms with Gasteiger partial charge in [-0.05, 0) is 18.9 Å². The van der Waals surface area contributed by atoms with Crippen LogP contribution in [0.4, 0.5) is 0 Å². The van der Waals surface area contributed by atoms with Crippen LogP contribution in [0.15, 0.2) is 6.07 Å². The van der Waals surface area contributed by atoms with Gasteiger partial charge in [-0.1, -0.05) is 20.8 Å². The number of rotatable bonds is 4. The maximum absolute atomic E-state index is 12.9. The monoisotopic (exact) mass is 337 g/mol. The summed E-state index contributed by atoms with van der Waals surface area (Å²) in [5.41, 5.74) is 0.137. The second-order valence-corrected chi connectivity index (χ2v) is 7.64. The van der Waals surface area contributed by atoms with Crippen molar-refractivity contribution >= 4 is 11.9 Å². The van der Waals surface area contributed by atoms with E-state index in [4.69, 9.17) is 4.74 Å². The molecule has 1 N–H and O–H groups in total. The topological polar surface area (TPSA) is 84.7 Å². The standard InChI is InChI=1S/C17H27N3O4/c1-16(2,3)13-9-12(19(4)18-13)14(21)20-8-6-7-17(10-20,11-24-5)15(22)23/h9H,6-8,10-11H2,1-5H3,(H,22,23). The number of hydrogen-bond donors (Lipinski definition) is 1. The molecular weight excluding hydrogens is 310 g/mol. The zero-order valence-electron chi connectivity index (χ0n) is 15.1. The largest absolute Gasteiger partial charge is 0.481 e. The molecule has 2 rings (SSSR count). The molecular formula is C17H27N3O4. The summed E-state index contributed by atoms with van der Waals surface area (Å²) in [6.45, 7) is 6.93. The summed E-state index contributed by atoms with van der Waals surface area (Å²) in [5, 5.41) is 14.1. The van der Waals surface area contributed by atoms with E-state index in [1.807, 2.05) is 20.8 Å². The number of nitrogens with zero attached hydrogens (tertiary/aromatic N) is 3. The molecule has 0 spiro atoms. The minimum Gasteiger partial charge on any atom is -0.481 e. The number of hydrogen-bond acceptors (Lipinski definition) is 4. The number of aromatic nitrogens is 2. The zero-order valence-corrected chi connectivity index (χ0v) is 15.1. The molecule has 0 aliphatic carbocycles. The predicted molar refractivity (Wildman–Crippen MR) is 89.0 cm³/mol. The molecule has 7 nitrogen and oxygen atoms in total. The third-order valence-electron chi connectivity index (χ3n) is 4.61. The second-order valence-electron chi connectivity index (χ2n) is 7.64. The van der Waals surface area contributed by atoms with E-state index in [-0.39, 0.29) is 24.5 Å². The van der Waals surface area contributed by atoms with Crippen molar-refractivity contribution in [3.05, 3.63) is 17.5 Å². The van der Waals surface area contributed by atoms with Crippen LogP contribution in [0.2, 0.25) is 0 Å². The fourth-order valence-corrected chi connectivity index (χ4v) is 3.13. The molecule has 24 heavy (non-hydrogen) atoms. The first-order valence-electron chi connectivity index (χ1n) is 8.17. The van der Waals surface area contributed by atoms with Crippen LogP contribution in [0.25, 0.3) is 0 Å². The number of carboxylic acids is 1. The van der Waals surface area contributed by atoms with Crippen molar-refractivity contribution in [1.29, 1.82) is 0 Å². The Morgan fingerprint density at radius 1 is 1.42 bits per heavy atom. The van der Waals surface area contributed by atoms with E-state index in [1.54, 1.807) is 22.7 Å². The van der Waals surface area contributed by atoms with Crippen molar-refractivity contribution in [3.63, 3.8) is 0 Å². The van der Waals surface area contributed by atoms with Gasteiger partial charge in [-0.3, -0.25) is 14.3 Å². The van der Waals surface area contributed by atoms with Crippen LogP contribution < -0.4 is 0 Å². The first-order valence-corrected chi connectivity index (χ1v) is 8.17. The molecule has 0 saturated carbocycles. The number of ether oxygens (including phenoxy) is 1. The zero-order chi connectivity index (χ0) is 18.1. The predicted octanol–water partition coefficient (Wildman–Crippen LogP) is 1.67. The average molecular weight is 337 g/mol. The second kappa shape index (κ2) is 6.55. The van der Waals surface area contributed by atoms with Crippen molar-refractivity contribution in [2.24, 2.45) is 12.5 Å². The molecule has 0 bridgehead atoms. The Labute approximate surface area is 142 Å². The van der Waals surface area contributed by atoms with Crippen molar-refractivity contribution in [1.82, 2.24) is 14.7 Å². The molecule has 1 unspecified atom stereocenters. The number of carboxylic acid groups (broad SMARTS) is 1. The lowest BCUT2D eigenvalue weighted by molar-refractivity contribution is -0.155. The van der Waals surface area contributed by atoms with Gasteiger partial charge in [-0.15, -0.1) is 0 Å². The summed E-state index contributed by atoms with van der Waals surface area (Å²) in [5.74, 6) is -1.09. The summed E-state index contributed by atoms with van der Waals surface area (Å²) in [6.07, 6.45) is 1.16. The Bertz CT molecular complexity index is 628. The van der Waals surface area contributed by atoms with Gasteiger partial charge in [0.1, 0.15) is 11.1 Å². The van der Waals surface area contributed by atoms with Gasteiger partial charge in [0.05, 0.1) is 12.3 Å². The lowest BCUT2D eigenvalue weighted by Crippen LogP contribution is -2.52. The third kappa shape index (κ3) is 3.45. The first kappa shape index (κ1) is 18.4. The summed E-state index contributed by atoms with van der Waals surface area (Å²) >= 11 is 0. The maximum atomic E-state index is 12.9. The number of likely N-dealkylation sites (tertiary alicyclic amines) is 1. The SMILES string of the molecule is COCC1(C(=O)O)CCCN(C(=O)c2cc(C(C)(C)C)nn2C)C1. The lowest BCUT2D eigenvalue weighted by atomic mass is 9.80. The third-order valence-corrected chi connectivity index (χ3v) is 4.61. The van der Waals surface area contributed by atoms with Crippen LogP contribution in [0, 0.1) is 5.41 Å². The fraction of sp³-hybridized carbons (Fsp3) is 0.706. The van der Waals surface area contributed by atoms with Crippen molar-refractivity contribution in [3.8, 4) is 0 Å². The van der Waals surface area contributed by atoms with Gasteiger partial charge in [0.15, 0.2) is 0 Å². The molecule has 1 aliphatic heterocycles. The number of aliphatic carboxylic acids is 1. The summed E-state index contributed by atoms with van der Waals surface area (Å²) in [4.78, 5) is 26.3.